The number of hydrogen-bond acceptors (Lipinski definition) is 4. The molecule has 25 heavy (non-hydrogen) atoms. The zero-order chi connectivity index (χ0) is 17.7. The van der Waals surface area contributed by atoms with Gasteiger partial charge < -0.3 is 4.74 Å². The Bertz CT molecular complexity index is 770. The van der Waals surface area contributed by atoms with Gasteiger partial charge in [0.1, 0.15) is 0 Å². The molecule has 1 aliphatic rings. The molecule has 2 aromatic carbocycles. The lowest BCUT2D eigenvalue weighted by atomic mass is 10.1. The van der Waals surface area contributed by atoms with Crippen LogP contribution in [0.25, 0.3) is 11.1 Å². The van der Waals surface area contributed by atoms with Crippen LogP contribution in [0.5, 0.6) is 0 Å². The van der Waals surface area contributed by atoms with Crippen LogP contribution in [0.2, 0.25) is 0 Å². The van der Waals surface area contributed by atoms with Gasteiger partial charge in [-0.25, -0.2) is 13.1 Å². The summed E-state index contributed by atoms with van der Waals surface area (Å²) in [4.78, 5) is 2.53. The number of hydrogen-bond donors (Lipinski definition) is 1. The number of nitrogens with one attached hydrogen (secondary N) is 1. The molecule has 0 radical (unpaired) electrons. The minimum atomic E-state index is -3.50. The summed E-state index contributed by atoms with van der Waals surface area (Å²) in [7, 11) is -3.50. The lowest BCUT2D eigenvalue weighted by Crippen LogP contribution is -2.47. The fraction of sp³-hybridized carbons (Fsp3) is 0.368. The van der Waals surface area contributed by atoms with Crippen molar-refractivity contribution in [2.75, 3.05) is 32.8 Å². The van der Waals surface area contributed by atoms with Gasteiger partial charge in [-0.3, -0.25) is 4.90 Å². The van der Waals surface area contributed by atoms with E-state index in [1.54, 1.807) is 12.1 Å². The molecule has 0 aliphatic carbocycles. The molecule has 0 unspecified atom stereocenters. The first-order valence-corrected chi connectivity index (χ1v) is 10.0. The monoisotopic (exact) mass is 360 g/mol. The minimum Gasteiger partial charge on any atom is -0.379 e. The molecule has 5 nitrogen and oxygen atoms in total. The van der Waals surface area contributed by atoms with Crippen LogP contribution >= 0.6 is 0 Å². The summed E-state index contributed by atoms with van der Waals surface area (Å²) >= 11 is 0. The van der Waals surface area contributed by atoms with Crippen molar-refractivity contribution in [3.05, 3.63) is 54.6 Å². The Morgan fingerprint density at radius 2 is 1.60 bits per heavy atom. The van der Waals surface area contributed by atoms with Gasteiger partial charge in [0.25, 0.3) is 0 Å². The number of ether oxygens (including phenoxy) is 1. The highest BCUT2D eigenvalue weighted by Gasteiger charge is 2.20. The van der Waals surface area contributed by atoms with Crippen molar-refractivity contribution in [2.24, 2.45) is 0 Å². The molecule has 1 aliphatic heterocycles. The van der Waals surface area contributed by atoms with Crippen LogP contribution in [0, 0.1) is 0 Å². The van der Waals surface area contributed by atoms with Gasteiger partial charge in [-0.15, -0.1) is 0 Å². The topological polar surface area (TPSA) is 58.6 Å². The first kappa shape index (κ1) is 18.1. The largest absolute Gasteiger partial charge is 0.379 e. The molecular formula is C19H24N2O3S. The Morgan fingerprint density at radius 1 is 1.00 bits per heavy atom. The maximum atomic E-state index is 12.5. The van der Waals surface area contributed by atoms with E-state index in [1.165, 1.54) is 0 Å². The Labute approximate surface area is 149 Å². The standard InChI is InChI=1S/C19H24N2O3S/c1-16(21-11-13-24-14-12-21)15-20-25(22,23)19-9-7-18(8-10-19)17-5-3-2-4-6-17/h2-10,16,20H,11-15H2,1H3/t16-/m1/s1. The molecule has 2 aromatic rings. The van der Waals surface area contributed by atoms with Crippen LogP contribution in [0.4, 0.5) is 0 Å². The van der Waals surface area contributed by atoms with Gasteiger partial charge in [0.05, 0.1) is 18.1 Å². The lowest BCUT2D eigenvalue weighted by Gasteiger charge is -2.32. The molecule has 1 heterocycles. The second-order valence-electron chi connectivity index (χ2n) is 6.24. The van der Waals surface area contributed by atoms with E-state index < -0.39 is 10.0 Å². The van der Waals surface area contributed by atoms with Crippen LogP contribution in [0.3, 0.4) is 0 Å². The fourth-order valence-electron chi connectivity index (χ4n) is 2.92. The number of morpholine rings is 1. The van der Waals surface area contributed by atoms with E-state index in [-0.39, 0.29) is 6.04 Å². The van der Waals surface area contributed by atoms with E-state index in [9.17, 15) is 8.42 Å². The molecule has 0 aromatic heterocycles. The second-order valence-corrected chi connectivity index (χ2v) is 8.01. The van der Waals surface area contributed by atoms with E-state index in [4.69, 9.17) is 4.74 Å². The van der Waals surface area contributed by atoms with E-state index in [0.29, 0.717) is 24.7 Å². The fourth-order valence-corrected chi connectivity index (χ4v) is 4.04. The summed E-state index contributed by atoms with van der Waals surface area (Å²) in [5, 5.41) is 0. The molecule has 0 amide bonds. The third-order valence-electron chi connectivity index (χ3n) is 4.51. The van der Waals surface area contributed by atoms with Crippen LogP contribution in [-0.4, -0.2) is 52.2 Å². The quantitative estimate of drug-likeness (QED) is 0.859. The second kappa shape index (κ2) is 8.10. The maximum Gasteiger partial charge on any atom is 0.240 e. The highest BCUT2D eigenvalue weighted by Crippen LogP contribution is 2.21. The van der Waals surface area contributed by atoms with E-state index in [0.717, 1.165) is 24.2 Å². The van der Waals surface area contributed by atoms with Crippen molar-refractivity contribution in [3.8, 4) is 11.1 Å². The Hall–Kier alpha value is -1.73. The summed E-state index contributed by atoms with van der Waals surface area (Å²) < 4.78 is 33.1. The van der Waals surface area contributed by atoms with Gasteiger partial charge in [0, 0.05) is 25.7 Å². The highest BCUT2D eigenvalue weighted by atomic mass is 32.2. The van der Waals surface area contributed by atoms with Crippen molar-refractivity contribution < 1.29 is 13.2 Å². The van der Waals surface area contributed by atoms with Gasteiger partial charge in [-0.05, 0) is 30.2 Å². The smallest absolute Gasteiger partial charge is 0.240 e. The normalized spacial score (nSPS) is 17.3. The van der Waals surface area contributed by atoms with Crippen molar-refractivity contribution in [1.29, 1.82) is 0 Å². The predicted molar refractivity (Wildman–Crippen MR) is 98.9 cm³/mol. The number of benzene rings is 2. The molecule has 0 spiro atoms. The number of sulfonamides is 1. The average molecular weight is 360 g/mol. The van der Waals surface area contributed by atoms with E-state index >= 15 is 0 Å². The average Bonchev–Trinajstić information content (AvgIpc) is 2.68. The van der Waals surface area contributed by atoms with Gasteiger partial charge in [-0.1, -0.05) is 42.5 Å². The molecule has 3 rings (SSSR count). The van der Waals surface area contributed by atoms with Gasteiger partial charge in [-0.2, -0.15) is 0 Å². The van der Waals surface area contributed by atoms with E-state index in [2.05, 4.69) is 9.62 Å². The van der Waals surface area contributed by atoms with Gasteiger partial charge in [0.15, 0.2) is 0 Å². The maximum absolute atomic E-state index is 12.5. The van der Waals surface area contributed by atoms with Crippen molar-refractivity contribution >= 4 is 10.0 Å². The van der Waals surface area contributed by atoms with Crippen LogP contribution < -0.4 is 4.72 Å². The molecule has 0 bridgehead atoms. The lowest BCUT2D eigenvalue weighted by molar-refractivity contribution is 0.0213. The Balaban J connectivity index is 1.63. The van der Waals surface area contributed by atoms with Crippen LogP contribution in [-0.2, 0) is 14.8 Å². The molecule has 134 valence electrons. The van der Waals surface area contributed by atoms with Gasteiger partial charge in [0.2, 0.25) is 10.0 Å². The molecular weight excluding hydrogens is 336 g/mol. The molecule has 0 saturated carbocycles. The Morgan fingerprint density at radius 3 is 2.24 bits per heavy atom. The zero-order valence-electron chi connectivity index (χ0n) is 14.4. The summed E-state index contributed by atoms with van der Waals surface area (Å²) in [5.41, 5.74) is 2.07. The molecule has 1 saturated heterocycles. The molecule has 1 fully saturated rings. The van der Waals surface area contributed by atoms with Gasteiger partial charge >= 0.3 is 0 Å². The summed E-state index contributed by atoms with van der Waals surface area (Å²) in [6.45, 7) is 5.52. The SMILES string of the molecule is C[C@H](CNS(=O)(=O)c1ccc(-c2ccccc2)cc1)N1CCOCC1. The summed E-state index contributed by atoms with van der Waals surface area (Å²) in [6.07, 6.45) is 0. The summed E-state index contributed by atoms with van der Waals surface area (Å²) in [5.74, 6) is 0. The first-order valence-electron chi connectivity index (χ1n) is 8.53. The Kier molecular flexibility index (Phi) is 5.86. The first-order chi connectivity index (χ1) is 12.1. The van der Waals surface area contributed by atoms with Crippen molar-refractivity contribution in [3.63, 3.8) is 0 Å². The third kappa shape index (κ3) is 4.67. The third-order valence-corrected chi connectivity index (χ3v) is 5.95. The highest BCUT2D eigenvalue weighted by molar-refractivity contribution is 7.89. The minimum absolute atomic E-state index is 0.141. The van der Waals surface area contributed by atoms with Crippen LogP contribution in [0.1, 0.15) is 6.92 Å². The van der Waals surface area contributed by atoms with Crippen LogP contribution in [0.15, 0.2) is 59.5 Å². The summed E-state index contributed by atoms with van der Waals surface area (Å²) in [6, 6.07) is 17.0. The predicted octanol–water partition coefficient (Wildman–Crippen LogP) is 2.35. The number of nitrogens with zero attached hydrogens (tertiary/aromatic N) is 1. The molecule has 1 atom stereocenters. The van der Waals surface area contributed by atoms with Crippen molar-refractivity contribution in [2.45, 2.75) is 17.9 Å². The van der Waals surface area contributed by atoms with Crippen molar-refractivity contribution in [1.82, 2.24) is 9.62 Å². The molecule has 6 heteroatoms. The number of rotatable bonds is 6. The van der Waals surface area contributed by atoms with E-state index in [1.807, 2.05) is 49.4 Å². The zero-order valence-corrected chi connectivity index (χ0v) is 15.2. The molecule has 1 N–H and O–H groups in total.